The summed E-state index contributed by atoms with van der Waals surface area (Å²) in [6.07, 6.45) is -0.120. The van der Waals surface area contributed by atoms with Gasteiger partial charge in [0.1, 0.15) is 11.6 Å². The molecule has 0 aliphatic heterocycles. The predicted molar refractivity (Wildman–Crippen MR) is 110 cm³/mol. The number of rotatable bonds is 9. The van der Waals surface area contributed by atoms with E-state index in [1.165, 1.54) is 7.11 Å². The Kier molecular flexibility index (Phi) is 10.0. The lowest BCUT2D eigenvalue weighted by Gasteiger charge is -2.37. The van der Waals surface area contributed by atoms with Crippen molar-refractivity contribution in [3.63, 3.8) is 0 Å². The minimum atomic E-state index is -2.00. The fourth-order valence-electron chi connectivity index (χ4n) is 1.97. The molecule has 2 atom stereocenters. The second-order valence-corrected chi connectivity index (χ2v) is 14.0. The highest BCUT2D eigenvalue weighted by molar-refractivity contribution is 6.74. The molecule has 0 bridgehead atoms. The fourth-order valence-corrected chi connectivity index (χ4v) is 3.01. The van der Waals surface area contributed by atoms with Crippen LogP contribution in [0, 0.1) is 0 Å². The highest BCUT2D eigenvalue weighted by Gasteiger charge is 2.37. The molecule has 0 heterocycles. The molecule has 0 unspecified atom stereocenters. The molecule has 0 saturated carbocycles. The average molecular weight is 417 g/mol. The van der Waals surface area contributed by atoms with E-state index in [9.17, 15) is 9.59 Å². The molecule has 0 radical (unpaired) electrons. The molecule has 0 saturated heterocycles. The van der Waals surface area contributed by atoms with Crippen molar-refractivity contribution < 1.29 is 23.5 Å². The number of amides is 1. The Labute approximate surface area is 169 Å². The van der Waals surface area contributed by atoms with E-state index in [1.807, 2.05) is 0 Å². The lowest BCUT2D eigenvalue weighted by atomic mass is 10.1. The van der Waals surface area contributed by atoms with Crippen LogP contribution in [0.1, 0.15) is 54.4 Å². The summed E-state index contributed by atoms with van der Waals surface area (Å²) in [5, 5.41) is 6.33. The van der Waals surface area contributed by atoms with Crippen molar-refractivity contribution in [2.45, 2.75) is 90.2 Å². The van der Waals surface area contributed by atoms with Crippen LogP contribution in [0.4, 0.5) is 4.79 Å². The Morgan fingerprint density at radius 3 is 2.14 bits per heavy atom. The molecular weight excluding hydrogens is 380 g/mol. The highest BCUT2D eigenvalue weighted by atomic mass is 28.4. The highest BCUT2D eigenvalue weighted by Crippen LogP contribution is 2.36. The van der Waals surface area contributed by atoms with Crippen LogP contribution in [0.5, 0.6) is 0 Å². The first-order valence-corrected chi connectivity index (χ1v) is 12.3. The van der Waals surface area contributed by atoms with E-state index in [1.54, 1.807) is 20.8 Å². The first-order valence-electron chi connectivity index (χ1n) is 9.38. The van der Waals surface area contributed by atoms with E-state index in [-0.39, 0.29) is 18.1 Å². The van der Waals surface area contributed by atoms with E-state index >= 15 is 0 Å². The molecule has 1 N–H and O–H groups in total. The molecule has 0 aliphatic carbocycles. The Morgan fingerprint density at radius 2 is 1.71 bits per heavy atom. The third-order valence-electron chi connectivity index (χ3n) is 4.62. The van der Waals surface area contributed by atoms with Crippen LogP contribution in [0.25, 0.3) is 10.4 Å². The van der Waals surface area contributed by atoms with Gasteiger partial charge in [-0.1, -0.05) is 25.9 Å². The molecular formula is C18H36N4O5Si. The van der Waals surface area contributed by atoms with Gasteiger partial charge in [-0.3, -0.25) is 0 Å². The quantitative estimate of drug-likeness (QED) is 0.194. The maximum Gasteiger partial charge on any atom is 0.408 e. The lowest BCUT2D eigenvalue weighted by Crippen LogP contribution is -2.45. The Balaban J connectivity index is 4.99. The average Bonchev–Trinajstić information content (AvgIpc) is 2.52. The van der Waals surface area contributed by atoms with E-state index in [4.69, 9.17) is 19.4 Å². The van der Waals surface area contributed by atoms with Gasteiger partial charge in [0.2, 0.25) is 0 Å². The van der Waals surface area contributed by atoms with Gasteiger partial charge in [-0.25, -0.2) is 9.59 Å². The van der Waals surface area contributed by atoms with Crippen molar-refractivity contribution in [2.75, 3.05) is 13.7 Å². The Morgan fingerprint density at radius 1 is 1.14 bits per heavy atom. The summed E-state index contributed by atoms with van der Waals surface area (Å²) in [5.74, 6) is -0.587. The number of carbonyl (C=O) groups is 2. The van der Waals surface area contributed by atoms with Crippen LogP contribution in [-0.4, -0.2) is 51.8 Å². The zero-order valence-corrected chi connectivity index (χ0v) is 19.7. The first-order chi connectivity index (χ1) is 12.6. The van der Waals surface area contributed by atoms with Crippen molar-refractivity contribution in [1.29, 1.82) is 0 Å². The number of nitrogens with one attached hydrogen (secondary N) is 1. The lowest BCUT2D eigenvalue weighted by molar-refractivity contribution is -0.143. The van der Waals surface area contributed by atoms with Gasteiger partial charge in [-0.15, -0.1) is 0 Å². The van der Waals surface area contributed by atoms with Crippen LogP contribution >= 0.6 is 0 Å². The van der Waals surface area contributed by atoms with Gasteiger partial charge in [0.05, 0.1) is 13.2 Å². The number of methoxy groups -OCH3 is 1. The Hall–Kier alpha value is -1.77. The summed E-state index contributed by atoms with van der Waals surface area (Å²) in [7, 11) is -0.752. The maximum atomic E-state index is 12.0. The van der Waals surface area contributed by atoms with Crippen LogP contribution < -0.4 is 5.32 Å². The van der Waals surface area contributed by atoms with Crippen molar-refractivity contribution in [3.8, 4) is 0 Å². The minimum Gasteiger partial charge on any atom is -0.467 e. The van der Waals surface area contributed by atoms with Crippen LogP contribution in [0.15, 0.2) is 5.11 Å². The normalized spacial score (nSPS) is 14.5. The summed E-state index contributed by atoms with van der Waals surface area (Å²) >= 11 is 0. The zero-order valence-electron chi connectivity index (χ0n) is 18.7. The van der Waals surface area contributed by atoms with Crippen molar-refractivity contribution in [2.24, 2.45) is 5.11 Å². The molecule has 0 aromatic rings. The van der Waals surface area contributed by atoms with Crippen LogP contribution in [-0.2, 0) is 18.7 Å². The Bertz CT molecular complexity index is 578. The molecule has 10 heteroatoms. The maximum absolute atomic E-state index is 12.0. The SMILES string of the molecule is COC(=O)[C@H](CC[C@H](CO[Si](C)(C)C(C)(C)C)N=[N+]=[N-])NC(=O)OC(C)(C)C. The minimum absolute atomic E-state index is 0.0285. The number of esters is 1. The van der Waals surface area contributed by atoms with Gasteiger partial charge >= 0.3 is 12.1 Å². The molecule has 28 heavy (non-hydrogen) atoms. The van der Waals surface area contributed by atoms with Gasteiger partial charge in [-0.2, -0.15) is 0 Å². The predicted octanol–water partition coefficient (Wildman–Crippen LogP) is 4.53. The molecule has 9 nitrogen and oxygen atoms in total. The summed E-state index contributed by atoms with van der Waals surface area (Å²) < 4.78 is 16.1. The van der Waals surface area contributed by atoms with Gasteiger partial charge < -0.3 is 19.2 Å². The number of carbonyl (C=O) groups excluding carboxylic acids is 2. The molecule has 0 aliphatic rings. The van der Waals surface area contributed by atoms with Crippen LogP contribution in [0.2, 0.25) is 18.1 Å². The topological polar surface area (TPSA) is 123 Å². The molecule has 0 fully saturated rings. The summed E-state index contributed by atoms with van der Waals surface area (Å²) in [6, 6.07) is -1.35. The number of hydrogen-bond donors (Lipinski definition) is 1. The van der Waals surface area contributed by atoms with E-state index in [0.717, 1.165) is 0 Å². The van der Waals surface area contributed by atoms with E-state index < -0.39 is 38.1 Å². The monoisotopic (exact) mass is 416 g/mol. The molecule has 0 aromatic carbocycles. The van der Waals surface area contributed by atoms with Crippen molar-refractivity contribution in [1.82, 2.24) is 5.32 Å². The third-order valence-corrected chi connectivity index (χ3v) is 9.12. The van der Waals surface area contributed by atoms with Crippen LogP contribution in [0.3, 0.4) is 0 Å². The molecule has 0 rings (SSSR count). The van der Waals surface area contributed by atoms with Gasteiger partial charge in [-0.05, 0) is 57.3 Å². The number of hydrogen-bond acceptors (Lipinski definition) is 6. The largest absolute Gasteiger partial charge is 0.467 e. The summed E-state index contributed by atoms with van der Waals surface area (Å²) in [6.45, 7) is 16.1. The molecule has 0 aromatic heterocycles. The molecule has 162 valence electrons. The van der Waals surface area contributed by atoms with Crippen molar-refractivity contribution >= 4 is 20.4 Å². The van der Waals surface area contributed by atoms with Gasteiger partial charge in [0, 0.05) is 11.5 Å². The molecule has 0 spiro atoms. The third kappa shape index (κ3) is 9.96. The van der Waals surface area contributed by atoms with Gasteiger partial charge in [0.15, 0.2) is 8.32 Å². The second kappa shape index (κ2) is 10.7. The summed E-state index contributed by atoms with van der Waals surface area (Å²) in [4.78, 5) is 26.9. The van der Waals surface area contributed by atoms with E-state index in [2.05, 4.69) is 49.2 Å². The smallest absolute Gasteiger partial charge is 0.408 e. The fraction of sp³-hybridized carbons (Fsp3) is 0.889. The number of alkyl carbamates (subject to hydrolysis) is 1. The number of azide groups is 1. The van der Waals surface area contributed by atoms with E-state index in [0.29, 0.717) is 6.42 Å². The first kappa shape index (κ1) is 26.2. The standard InChI is InChI=1S/C18H36N4O5Si/c1-17(2,3)27-16(24)20-14(15(23)25-7)11-10-13(21-22-19)12-26-28(8,9)18(4,5)6/h13-14H,10-12H2,1-9H3,(H,20,24)/t13-,14+/m1/s1. The van der Waals surface area contributed by atoms with Crippen molar-refractivity contribution in [3.05, 3.63) is 10.4 Å². The number of nitrogens with zero attached hydrogens (tertiary/aromatic N) is 3. The molecule has 1 amide bonds. The van der Waals surface area contributed by atoms with Gasteiger partial charge in [0.25, 0.3) is 0 Å². The second-order valence-electron chi connectivity index (χ2n) is 9.23. The number of ether oxygens (including phenoxy) is 2. The summed E-state index contributed by atoms with van der Waals surface area (Å²) in [5.41, 5.74) is 8.17. The zero-order chi connectivity index (χ0) is 22.2.